The number of carbonyl (C=O) groups excluding carboxylic acids is 1. The van der Waals surface area contributed by atoms with Gasteiger partial charge in [0.15, 0.2) is 0 Å². The van der Waals surface area contributed by atoms with Gasteiger partial charge in [0, 0.05) is 13.6 Å². The molecular formula is C11H19N3O2. The lowest BCUT2D eigenvalue weighted by molar-refractivity contribution is -0.128. The summed E-state index contributed by atoms with van der Waals surface area (Å²) in [6.07, 6.45) is 0. The van der Waals surface area contributed by atoms with Gasteiger partial charge in [0.2, 0.25) is 11.8 Å². The number of aromatic nitrogens is 1. The van der Waals surface area contributed by atoms with Crippen molar-refractivity contribution in [3.05, 3.63) is 17.3 Å². The van der Waals surface area contributed by atoms with Crippen LogP contribution >= 0.6 is 0 Å². The Kier molecular flexibility index (Phi) is 4.49. The van der Waals surface area contributed by atoms with E-state index >= 15 is 0 Å². The molecule has 1 rings (SSSR count). The predicted octanol–water partition coefficient (Wildman–Crippen LogP) is 0.859. The minimum atomic E-state index is 0.0718. The molecule has 5 nitrogen and oxygen atoms in total. The first-order chi connectivity index (χ1) is 7.54. The molecule has 1 heterocycles. The second-order valence-electron chi connectivity index (χ2n) is 3.76. The van der Waals surface area contributed by atoms with E-state index in [2.05, 4.69) is 10.3 Å². The molecule has 0 aliphatic heterocycles. The van der Waals surface area contributed by atoms with Gasteiger partial charge in [-0.15, -0.1) is 0 Å². The van der Waals surface area contributed by atoms with Gasteiger partial charge in [-0.1, -0.05) is 0 Å². The molecule has 0 saturated carbocycles. The molecule has 0 spiro atoms. The Labute approximate surface area is 95.8 Å². The van der Waals surface area contributed by atoms with Crippen LogP contribution in [0.25, 0.3) is 0 Å². The number of hydrogen-bond donors (Lipinski definition) is 1. The van der Waals surface area contributed by atoms with Gasteiger partial charge in [-0.3, -0.25) is 10.1 Å². The lowest BCUT2D eigenvalue weighted by atomic mass is 10.4. The van der Waals surface area contributed by atoms with Crippen molar-refractivity contribution in [1.29, 1.82) is 0 Å². The third kappa shape index (κ3) is 3.34. The monoisotopic (exact) mass is 225 g/mol. The Hall–Kier alpha value is -1.36. The summed E-state index contributed by atoms with van der Waals surface area (Å²) in [5.41, 5.74) is 0.897. The summed E-state index contributed by atoms with van der Waals surface area (Å²) in [4.78, 5) is 17.3. The number of carbonyl (C=O) groups is 1. The van der Waals surface area contributed by atoms with Crippen molar-refractivity contribution in [2.24, 2.45) is 0 Å². The number of oxazole rings is 1. The molecule has 1 N–H and O–H groups in total. The average Bonchev–Trinajstić information content (AvgIpc) is 2.57. The fourth-order valence-electron chi connectivity index (χ4n) is 1.20. The van der Waals surface area contributed by atoms with E-state index in [1.165, 1.54) is 0 Å². The highest BCUT2D eigenvalue weighted by molar-refractivity contribution is 5.77. The minimum Gasteiger partial charge on any atom is -0.444 e. The molecular weight excluding hydrogens is 206 g/mol. The molecule has 5 heteroatoms. The zero-order valence-electron chi connectivity index (χ0n) is 10.3. The number of aryl methyl sites for hydroxylation is 2. The van der Waals surface area contributed by atoms with Crippen LogP contribution in [0.1, 0.15) is 24.3 Å². The minimum absolute atomic E-state index is 0.0718. The molecule has 0 atom stereocenters. The van der Waals surface area contributed by atoms with Crippen molar-refractivity contribution in [1.82, 2.24) is 15.2 Å². The Morgan fingerprint density at radius 1 is 1.50 bits per heavy atom. The van der Waals surface area contributed by atoms with Crippen LogP contribution in [0.2, 0.25) is 0 Å². The van der Waals surface area contributed by atoms with Crippen LogP contribution in [0.4, 0.5) is 0 Å². The van der Waals surface area contributed by atoms with Gasteiger partial charge in [-0.2, -0.15) is 0 Å². The molecule has 0 bridgehead atoms. The molecule has 0 aromatic carbocycles. The van der Waals surface area contributed by atoms with Crippen LogP contribution in [0.5, 0.6) is 0 Å². The fraction of sp³-hybridized carbons (Fsp3) is 0.636. The maximum Gasteiger partial charge on any atom is 0.236 e. The largest absolute Gasteiger partial charge is 0.444 e. The highest BCUT2D eigenvalue weighted by Crippen LogP contribution is 2.07. The van der Waals surface area contributed by atoms with E-state index in [9.17, 15) is 4.79 Å². The molecule has 0 saturated heterocycles. The number of nitrogens with one attached hydrogen (secondary N) is 1. The maximum absolute atomic E-state index is 11.4. The van der Waals surface area contributed by atoms with Crippen molar-refractivity contribution in [3.8, 4) is 0 Å². The molecule has 0 aliphatic rings. The number of likely N-dealkylation sites (N-methyl/N-ethyl adjacent to an activating group) is 1. The molecule has 0 unspecified atom stereocenters. The van der Waals surface area contributed by atoms with Crippen molar-refractivity contribution in [2.75, 3.05) is 20.1 Å². The second kappa shape index (κ2) is 5.65. The van der Waals surface area contributed by atoms with E-state index in [1.54, 1.807) is 11.9 Å². The van der Waals surface area contributed by atoms with Crippen LogP contribution in [-0.2, 0) is 11.3 Å². The SMILES string of the molecule is CCN(C)C(=O)CNCc1nc(C)c(C)o1. The molecule has 0 aliphatic carbocycles. The van der Waals surface area contributed by atoms with Crippen molar-refractivity contribution in [3.63, 3.8) is 0 Å². The molecule has 0 radical (unpaired) electrons. The quantitative estimate of drug-likeness (QED) is 0.807. The number of hydrogen-bond acceptors (Lipinski definition) is 4. The molecule has 1 amide bonds. The predicted molar refractivity (Wildman–Crippen MR) is 61.0 cm³/mol. The summed E-state index contributed by atoms with van der Waals surface area (Å²) < 4.78 is 5.38. The van der Waals surface area contributed by atoms with Gasteiger partial charge in [-0.25, -0.2) is 4.98 Å². The summed E-state index contributed by atoms with van der Waals surface area (Å²) in [6.45, 7) is 7.24. The number of rotatable bonds is 5. The van der Waals surface area contributed by atoms with Gasteiger partial charge < -0.3 is 9.32 Å². The van der Waals surface area contributed by atoms with Crippen molar-refractivity contribution in [2.45, 2.75) is 27.3 Å². The molecule has 16 heavy (non-hydrogen) atoms. The van der Waals surface area contributed by atoms with Gasteiger partial charge >= 0.3 is 0 Å². The average molecular weight is 225 g/mol. The molecule has 1 aromatic rings. The number of nitrogens with zero attached hydrogens (tertiary/aromatic N) is 2. The Morgan fingerprint density at radius 3 is 2.69 bits per heavy atom. The smallest absolute Gasteiger partial charge is 0.236 e. The summed E-state index contributed by atoms with van der Waals surface area (Å²) in [5.74, 6) is 1.53. The summed E-state index contributed by atoms with van der Waals surface area (Å²) in [6, 6.07) is 0. The normalized spacial score (nSPS) is 10.5. The van der Waals surface area contributed by atoms with E-state index in [4.69, 9.17) is 4.42 Å². The molecule has 1 aromatic heterocycles. The lowest BCUT2D eigenvalue weighted by Gasteiger charge is -2.14. The third-order valence-electron chi connectivity index (χ3n) is 2.53. The van der Waals surface area contributed by atoms with Gasteiger partial charge in [-0.05, 0) is 20.8 Å². The fourth-order valence-corrected chi connectivity index (χ4v) is 1.20. The molecule has 90 valence electrons. The lowest BCUT2D eigenvalue weighted by Crippen LogP contribution is -2.35. The zero-order chi connectivity index (χ0) is 12.1. The first-order valence-corrected chi connectivity index (χ1v) is 5.42. The Bertz CT molecular complexity index is 341. The number of amides is 1. The van der Waals surface area contributed by atoms with Gasteiger partial charge in [0.1, 0.15) is 5.76 Å². The Balaban J connectivity index is 2.33. The first kappa shape index (κ1) is 12.7. The van der Waals surface area contributed by atoms with Crippen molar-refractivity contribution >= 4 is 5.91 Å². The van der Waals surface area contributed by atoms with Crippen LogP contribution in [0.15, 0.2) is 4.42 Å². The topological polar surface area (TPSA) is 58.4 Å². The van der Waals surface area contributed by atoms with Crippen LogP contribution in [-0.4, -0.2) is 35.9 Å². The summed E-state index contributed by atoms with van der Waals surface area (Å²) >= 11 is 0. The summed E-state index contributed by atoms with van der Waals surface area (Å²) in [5, 5.41) is 3.01. The van der Waals surface area contributed by atoms with Gasteiger partial charge in [0.05, 0.1) is 18.8 Å². The highest BCUT2D eigenvalue weighted by Gasteiger charge is 2.08. The van der Waals surface area contributed by atoms with E-state index in [1.807, 2.05) is 20.8 Å². The Morgan fingerprint density at radius 2 is 2.19 bits per heavy atom. The standard InChI is InChI=1S/C11H19N3O2/c1-5-14(4)11(15)7-12-6-10-13-8(2)9(3)16-10/h12H,5-7H2,1-4H3. The van der Waals surface area contributed by atoms with Gasteiger partial charge in [0.25, 0.3) is 0 Å². The highest BCUT2D eigenvalue weighted by atomic mass is 16.4. The second-order valence-corrected chi connectivity index (χ2v) is 3.76. The van der Waals surface area contributed by atoms with E-state index < -0.39 is 0 Å². The molecule has 0 fully saturated rings. The van der Waals surface area contributed by atoms with E-state index in [0.29, 0.717) is 19.0 Å². The summed E-state index contributed by atoms with van der Waals surface area (Å²) in [7, 11) is 1.78. The van der Waals surface area contributed by atoms with Crippen LogP contribution in [0.3, 0.4) is 0 Å². The van der Waals surface area contributed by atoms with Crippen LogP contribution < -0.4 is 5.32 Å². The van der Waals surface area contributed by atoms with Crippen molar-refractivity contribution < 1.29 is 9.21 Å². The first-order valence-electron chi connectivity index (χ1n) is 5.42. The third-order valence-corrected chi connectivity index (χ3v) is 2.53. The zero-order valence-corrected chi connectivity index (χ0v) is 10.3. The van der Waals surface area contributed by atoms with Crippen LogP contribution in [0, 0.1) is 13.8 Å². The maximum atomic E-state index is 11.4. The van der Waals surface area contributed by atoms with E-state index in [0.717, 1.165) is 18.0 Å². The van der Waals surface area contributed by atoms with E-state index in [-0.39, 0.29) is 5.91 Å².